The second-order valence-corrected chi connectivity index (χ2v) is 7.26. The van der Waals surface area contributed by atoms with Gasteiger partial charge in [-0.1, -0.05) is 54.1 Å². The number of rotatable bonds is 5. The van der Waals surface area contributed by atoms with Crippen LogP contribution in [-0.4, -0.2) is 16.6 Å². The first kappa shape index (κ1) is 19.7. The van der Waals surface area contributed by atoms with Crippen LogP contribution in [0.15, 0.2) is 54.6 Å². The molecule has 0 saturated carbocycles. The van der Waals surface area contributed by atoms with Crippen molar-refractivity contribution in [3.63, 3.8) is 0 Å². The molecule has 2 atom stereocenters. The summed E-state index contributed by atoms with van der Waals surface area (Å²) in [6.45, 7) is 5.18. The summed E-state index contributed by atoms with van der Waals surface area (Å²) in [5.41, 5.74) is 0.271. The van der Waals surface area contributed by atoms with Crippen LogP contribution in [0.3, 0.4) is 0 Å². The third-order valence-corrected chi connectivity index (χ3v) is 3.80. The van der Waals surface area contributed by atoms with Gasteiger partial charge in [0.25, 0.3) is 6.04 Å². The second kappa shape index (κ2) is 8.19. The SMILES string of the molecule is CC(C)(C)OC(=O)N[C@@H](c1cccc(Cl)c1)[C@@H](c1ccccc1)[N+](=O)[O-]. The summed E-state index contributed by atoms with van der Waals surface area (Å²) in [7, 11) is 0. The molecule has 1 amide bonds. The van der Waals surface area contributed by atoms with Crippen LogP contribution in [0, 0.1) is 10.1 Å². The standard InChI is InChI=1S/C19H21ClN2O4/c1-19(2,3)26-18(23)21-16(14-10-7-11-15(20)12-14)17(22(24)25)13-8-5-4-6-9-13/h4-12,16-17H,1-3H3,(H,21,23)/t16-,17+/m0/s1. The van der Waals surface area contributed by atoms with Gasteiger partial charge in [-0.3, -0.25) is 10.1 Å². The Labute approximate surface area is 157 Å². The molecule has 0 aliphatic carbocycles. The highest BCUT2D eigenvalue weighted by molar-refractivity contribution is 6.30. The fourth-order valence-corrected chi connectivity index (χ4v) is 2.76. The van der Waals surface area contributed by atoms with Gasteiger partial charge >= 0.3 is 6.09 Å². The summed E-state index contributed by atoms with van der Waals surface area (Å²) < 4.78 is 5.28. The molecule has 138 valence electrons. The molecule has 0 unspecified atom stereocenters. The molecule has 0 bridgehead atoms. The lowest BCUT2D eigenvalue weighted by Gasteiger charge is -2.26. The predicted molar refractivity (Wildman–Crippen MR) is 99.7 cm³/mol. The third kappa shape index (κ3) is 5.46. The predicted octanol–water partition coefficient (Wildman–Crippen LogP) is 4.92. The van der Waals surface area contributed by atoms with Gasteiger partial charge in [0.1, 0.15) is 11.6 Å². The van der Waals surface area contributed by atoms with Gasteiger partial charge in [-0.15, -0.1) is 0 Å². The number of amides is 1. The van der Waals surface area contributed by atoms with Crippen molar-refractivity contribution in [2.24, 2.45) is 0 Å². The minimum absolute atomic E-state index is 0.418. The van der Waals surface area contributed by atoms with E-state index in [0.29, 0.717) is 16.1 Å². The van der Waals surface area contributed by atoms with Gasteiger partial charge < -0.3 is 10.1 Å². The lowest BCUT2D eigenvalue weighted by Crippen LogP contribution is -2.39. The number of nitrogens with one attached hydrogen (secondary N) is 1. The molecule has 0 radical (unpaired) electrons. The molecule has 1 N–H and O–H groups in total. The zero-order chi connectivity index (χ0) is 19.3. The van der Waals surface area contributed by atoms with Crippen LogP contribution < -0.4 is 5.32 Å². The molecular formula is C19H21ClN2O4. The molecule has 0 fully saturated rings. The highest BCUT2D eigenvalue weighted by Crippen LogP contribution is 2.33. The third-order valence-electron chi connectivity index (χ3n) is 3.56. The van der Waals surface area contributed by atoms with Gasteiger partial charge in [-0.2, -0.15) is 0 Å². The smallest absolute Gasteiger partial charge is 0.408 e. The summed E-state index contributed by atoms with van der Waals surface area (Å²) in [5.74, 6) is 0. The van der Waals surface area contributed by atoms with Crippen molar-refractivity contribution in [1.29, 1.82) is 0 Å². The monoisotopic (exact) mass is 376 g/mol. The molecule has 2 rings (SSSR count). The van der Waals surface area contributed by atoms with Gasteiger partial charge in [0, 0.05) is 15.5 Å². The van der Waals surface area contributed by atoms with Crippen molar-refractivity contribution in [3.05, 3.63) is 80.9 Å². The Kier molecular flexibility index (Phi) is 6.21. The molecular weight excluding hydrogens is 356 g/mol. The van der Waals surface area contributed by atoms with E-state index in [-0.39, 0.29) is 0 Å². The molecule has 0 saturated heterocycles. The molecule has 2 aromatic rings. The van der Waals surface area contributed by atoms with E-state index in [9.17, 15) is 14.9 Å². The molecule has 0 aliphatic rings. The van der Waals surface area contributed by atoms with E-state index in [0.717, 1.165) is 0 Å². The van der Waals surface area contributed by atoms with Crippen LogP contribution in [0.1, 0.15) is 44.0 Å². The first-order valence-corrected chi connectivity index (χ1v) is 8.48. The number of ether oxygens (including phenoxy) is 1. The van der Waals surface area contributed by atoms with Crippen LogP contribution in [0.2, 0.25) is 5.02 Å². The summed E-state index contributed by atoms with van der Waals surface area (Å²) in [6.07, 6.45) is -0.731. The first-order chi connectivity index (χ1) is 12.2. The Balaban J connectivity index is 2.44. The zero-order valence-corrected chi connectivity index (χ0v) is 15.6. The highest BCUT2D eigenvalue weighted by Gasteiger charge is 2.36. The van der Waals surface area contributed by atoms with E-state index in [1.807, 2.05) is 0 Å². The van der Waals surface area contributed by atoms with E-state index in [2.05, 4.69) is 5.32 Å². The molecule has 7 heteroatoms. The first-order valence-electron chi connectivity index (χ1n) is 8.11. The van der Waals surface area contributed by atoms with Crippen LogP contribution in [0.4, 0.5) is 4.79 Å². The van der Waals surface area contributed by atoms with Crippen LogP contribution in [-0.2, 0) is 4.74 Å². The zero-order valence-electron chi connectivity index (χ0n) is 14.8. The summed E-state index contributed by atoms with van der Waals surface area (Å²) >= 11 is 6.05. The molecule has 0 aliphatic heterocycles. The van der Waals surface area contributed by atoms with Gasteiger partial charge in [-0.25, -0.2) is 4.79 Å². The number of hydrogen-bond donors (Lipinski definition) is 1. The normalized spacial score (nSPS) is 13.5. The lowest BCUT2D eigenvalue weighted by atomic mass is 9.94. The second-order valence-electron chi connectivity index (χ2n) is 6.82. The highest BCUT2D eigenvalue weighted by atomic mass is 35.5. The molecule has 0 aromatic heterocycles. The fourth-order valence-electron chi connectivity index (χ4n) is 2.57. The largest absolute Gasteiger partial charge is 0.444 e. The molecule has 26 heavy (non-hydrogen) atoms. The Morgan fingerprint density at radius 2 is 1.73 bits per heavy atom. The summed E-state index contributed by atoms with van der Waals surface area (Å²) in [6, 6.07) is 13.0. The maximum atomic E-state index is 12.3. The van der Waals surface area contributed by atoms with Crippen LogP contribution in [0.5, 0.6) is 0 Å². The number of halogens is 1. The Morgan fingerprint density at radius 3 is 2.27 bits per heavy atom. The quantitative estimate of drug-likeness (QED) is 0.592. The van der Waals surface area contributed by atoms with Crippen molar-refractivity contribution in [2.75, 3.05) is 0 Å². The van der Waals surface area contributed by atoms with Crippen molar-refractivity contribution >= 4 is 17.7 Å². The Morgan fingerprint density at radius 1 is 1.12 bits per heavy atom. The van der Waals surface area contributed by atoms with Gasteiger partial charge in [0.2, 0.25) is 0 Å². The average molecular weight is 377 g/mol. The summed E-state index contributed by atoms with van der Waals surface area (Å²) in [4.78, 5) is 23.7. The summed E-state index contributed by atoms with van der Waals surface area (Å²) in [5, 5.41) is 14.9. The van der Waals surface area contributed by atoms with Crippen molar-refractivity contribution in [3.8, 4) is 0 Å². The fraction of sp³-hybridized carbons (Fsp3) is 0.316. The lowest BCUT2D eigenvalue weighted by molar-refractivity contribution is -0.534. The van der Waals surface area contributed by atoms with Gasteiger partial charge in [-0.05, 0) is 38.5 Å². The molecule has 0 heterocycles. The number of carbonyl (C=O) groups excluding carboxylic acids is 1. The average Bonchev–Trinajstić information content (AvgIpc) is 2.53. The van der Waals surface area contributed by atoms with E-state index in [1.54, 1.807) is 75.4 Å². The Hall–Kier alpha value is -2.60. The van der Waals surface area contributed by atoms with Crippen molar-refractivity contribution in [2.45, 2.75) is 38.5 Å². The van der Waals surface area contributed by atoms with E-state index >= 15 is 0 Å². The van der Waals surface area contributed by atoms with Crippen LogP contribution in [0.25, 0.3) is 0 Å². The minimum atomic E-state index is -1.19. The Bertz CT molecular complexity index is 775. The van der Waals surface area contributed by atoms with Gasteiger partial charge in [0.15, 0.2) is 0 Å². The van der Waals surface area contributed by atoms with Crippen LogP contribution >= 0.6 is 11.6 Å². The minimum Gasteiger partial charge on any atom is -0.444 e. The number of benzene rings is 2. The maximum Gasteiger partial charge on any atom is 0.408 e. The van der Waals surface area contributed by atoms with E-state index in [4.69, 9.17) is 16.3 Å². The number of nitrogens with zero attached hydrogens (tertiary/aromatic N) is 1. The van der Waals surface area contributed by atoms with E-state index in [1.165, 1.54) is 0 Å². The van der Waals surface area contributed by atoms with Crippen molar-refractivity contribution < 1.29 is 14.5 Å². The topological polar surface area (TPSA) is 81.5 Å². The van der Waals surface area contributed by atoms with Gasteiger partial charge in [0.05, 0.1) is 0 Å². The molecule has 2 aromatic carbocycles. The number of hydrogen-bond acceptors (Lipinski definition) is 4. The van der Waals surface area contributed by atoms with Crippen molar-refractivity contribution in [1.82, 2.24) is 5.32 Å². The molecule has 0 spiro atoms. The number of alkyl carbamates (subject to hydrolysis) is 1. The van der Waals surface area contributed by atoms with E-state index < -0.39 is 28.7 Å². The maximum absolute atomic E-state index is 12.3. The molecule has 6 nitrogen and oxygen atoms in total. The number of carbonyl (C=O) groups is 1. The number of nitro groups is 1.